The van der Waals surface area contributed by atoms with E-state index < -0.39 is 0 Å². The molecule has 0 aromatic heterocycles. The Morgan fingerprint density at radius 3 is 2.50 bits per heavy atom. The molecule has 0 fully saturated rings. The molecular formula is C14H22BrN. The lowest BCUT2D eigenvalue weighted by Crippen LogP contribution is -2.25. The average molecular weight is 284 g/mol. The van der Waals surface area contributed by atoms with Crippen LogP contribution in [0.2, 0.25) is 0 Å². The second-order valence-corrected chi connectivity index (χ2v) is 5.43. The highest BCUT2D eigenvalue weighted by atomic mass is 79.9. The van der Waals surface area contributed by atoms with E-state index in [1.165, 1.54) is 16.5 Å². The van der Waals surface area contributed by atoms with Gasteiger partial charge in [-0.3, -0.25) is 0 Å². The Balaban J connectivity index is 2.74. The van der Waals surface area contributed by atoms with Crippen molar-refractivity contribution in [2.75, 3.05) is 13.1 Å². The molecule has 0 aliphatic rings. The minimum absolute atomic E-state index is 0.585. The monoisotopic (exact) mass is 283 g/mol. The predicted molar refractivity (Wildman–Crippen MR) is 74.9 cm³/mol. The molecular weight excluding hydrogens is 262 g/mol. The van der Waals surface area contributed by atoms with Crippen molar-refractivity contribution in [2.45, 2.75) is 33.1 Å². The van der Waals surface area contributed by atoms with Crippen molar-refractivity contribution < 1.29 is 0 Å². The molecule has 0 heterocycles. The molecule has 90 valence electrons. The molecule has 2 heteroatoms. The van der Waals surface area contributed by atoms with Crippen molar-refractivity contribution in [3.63, 3.8) is 0 Å². The molecule has 1 aromatic rings. The van der Waals surface area contributed by atoms with E-state index in [1.807, 2.05) is 0 Å². The van der Waals surface area contributed by atoms with Gasteiger partial charge >= 0.3 is 0 Å². The van der Waals surface area contributed by atoms with Crippen LogP contribution in [0.1, 0.15) is 38.7 Å². The molecule has 0 aliphatic heterocycles. The second kappa shape index (κ2) is 7.08. The minimum atomic E-state index is 0.585. The summed E-state index contributed by atoms with van der Waals surface area (Å²) in [5.41, 5.74) is 1.42. The van der Waals surface area contributed by atoms with Crippen molar-refractivity contribution in [3.05, 3.63) is 34.3 Å². The van der Waals surface area contributed by atoms with Crippen molar-refractivity contribution >= 4 is 15.9 Å². The molecule has 0 spiro atoms. The van der Waals surface area contributed by atoms with E-state index in [1.54, 1.807) is 0 Å². The van der Waals surface area contributed by atoms with E-state index in [9.17, 15) is 0 Å². The molecule has 16 heavy (non-hydrogen) atoms. The smallest absolute Gasteiger partial charge is 0.0210 e. The third-order valence-corrected chi connectivity index (χ3v) is 3.62. The number of hydrogen-bond acceptors (Lipinski definition) is 1. The highest BCUT2D eigenvalue weighted by Gasteiger charge is 2.17. The van der Waals surface area contributed by atoms with Crippen LogP contribution in [0.25, 0.3) is 0 Å². The summed E-state index contributed by atoms with van der Waals surface area (Å²) >= 11 is 3.65. The summed E-state index contributed by atoms with van der Waals surface area (Å²) in [5, 5.41) is 3.52. The number of halogens is 1. The van der Waals surface area contributed by atoms with Gasteiger partial charge in [-0.25, -0.2) is 0 Å². The van der Waals surface area contributed by atoms with Gasteiger partial charge in [-0.15, -0.1) is 0 Å². The first-order valence-electron chi connectivity index (χ1n) is 6.12. The van der Waals surface area contributed by atoms with E-state index in [4.69, 9.17) is 0 Å². The van der Waals surface area contributed by atoms with Crippen LogP contribution in [-0.2, 0) is 0 Å². The van der Waals surface area contributed by atoms with Gasteiger partial charge in [-0.2, -0.15) is 0 Å². The molecule has 0 bridgehead atoms. The van der Waals surface area contributed by atoms with Crippen LogP contribution >= 0.6 is 15.9 Å². The van der Waals surface area contributed by atoms with Gasteiger partial charge < -0.3 is 5.32 Å². The first-order valence-corrected chi connectivity index (χ1v) is 6.91. The molecule has 0 saturated heterocycles. The second-order valence-electron chi connectivity index (χ2n) is 4.58. The molecule has 1 aromatic carbocycles. The topological polar surface area (TPSA) is 12.0 Å². The summed E-state index contributed by atoms with van der Waals surface area (Å²) in [5.74, 6) is 1.24. The van der Waals surface area contributed by atoms with Crippen LogP contribution in [0.4, 0.5) is 0 Å². The molecule has 1 nitrogen and oxygen atoms in total. The maximum atomic E-state index is 3.65. The van der Waals surface area contributed by atoms with Crippen molar-refractivity contribution in [1.82, 2.24) is 5.32 Å². The molecule has 0 saturated carbocycles. The zero-order valence-electron chi connectivity index (χ0n) is 10.5. The fraction of sp³-hybridized carbons (Fsp3) is 0.571. The van der Waals surface area contributed by atoms with E-state index in [0.29, 0.717) is 11.8 Å². The van der Waals surface area contributed by atoms with Crippen LogP contribution in [0, 0.1) is 5.92 Å². The number of rotatable bonds is 6. The van der Waals surface area contributed by atoms with Gasteiger partial charge in [0.05, 0.1) is 0 Å². The van der Waals surface area contributed by atoms with Gasteiger partial charge in [-0.05, 0) is 36.4 Å². The fourth-order valence-electron chi connectivity index (χ4n) is 1.91. The standard InChI is InChI=1S/C14H22BrN/c1-4-9-16-10-13(11(2)3)12-7-5-6-8-14(12)15/h5-8,11,13,16H,4,9-10H2,1-3H3. The Morgan fingerprint density at radius 2 is 1.94 bits per heavy atom. The Hall–Kier alpha value is -0.340. The van der Waals surface area contributed by atoms with Crippen molar-refractivity contribution in [1.29, 1.82) is 0 Å². The van der Waals surface area contributed by atoms with Crippen LogP contribution in [0.3, 0.4) is 0 Å². The summed E-state index contributed by atoms with van der Waals surface area (Å²) in [4.78, 5) is 0. The molecule has 0 aliphatic carbocycles. The maximum absolute atomic E-state index is 3.65. The largest absolute Gasteiger partial charge is 0.316 e. The quantitative estimate of drug-likeness (QED) is 0.772. The molecule has 0 amide bonds. The molecule has 1 atom stereocenters. The number of benzene rings is 1. The lowest BCUT2D eigenvalue weighted by Gasteiger charge is -2.23. The van der Waals surface area contributed by atoms with E-state index in [2.05, 4.69) is 66.3 Å². The molecule has 0 radical (unpaired) electrons. The predicted octanol–water partition coefficient (Wildman–Crippen LogP) is 4.19. The molecule has 1 rings (SSSR count). The van der Waals surface area contributed by atoms with Gasteiger partial charge in [0.15, 0.2) is 0 Å². The zero-order chi connectivity index (χ0) is 12.0. The molecule has 1 N–H and O–H groups in total. The van der Waals surface area contributed by atoms with E-state index in [0.717, 1.165) is 13.1 Å². The van der Waals surface area contributed by atoms with Crippen molar-refractivity contribution in [3.8, 4) is 0 Å². The van der Waals surface area contributed by atoms with Crippen LogP contribution < -0.4 is 5.32 Å². The third-order valence-electron chi connectivity index (χ3n) is 2.90. The third kappa shape index (κ3) is 3.91. The van der Waals surface area contributed by atoms with Gasteiger partial charge in [0.2, 0.25) is 0 Å². The number of nitrogens with one attached hydrogen (secondary N) is 1. The minimum Gasteiger partial charge on any atom is -0.316 e. The zero-order valence-corrected chi connectivity index (χ0v) is 12.0. The Kier molecular flexibility index (Phi) is 6.07. The Morgan fingerprint density at radius 1 is 1.25 bits per heavy atom. The highest BCUT2D eigenvalue weighted by molar-refractivity contribution is 9.10. The van der Waals surface area contributed by atoms with Crippen LogP contribution in [-0.4, -0.2) is 13.1 Å². The summed E-state index contributed by atoms with van der Waals surface area (Å²) in [6.07, 6.45) is 1.20. The highest BCUT2D eigenvalue weighted by Crippen LogP contribution is 2.29. The lowest BCUT2D eigenvalue weighted by atomic mass is 9.88. The SMILES string of the molecule is CCCNCC(c1ccccc1Br)C(C)C. The van der Waals surface area contributed by atoms with Gasteiger partial charge in [0.25, 0.3) is 0 Å². The van der Waals surface area contributed by atoms with Gasteiger partial charge in [-0.1, -0.05) is 54.9 Å². The summed E-state index contributed by atoms with van der Waals surface area (Å²) in [6, 6.07) is 8.55. The maximum Gasteiger partial charge on any atom is 0.0210 e. The van der Waals surface area contributed by atoms with Gasteiger partial charge in [0.1, 0.15) is 0 Å². The van der Waals surface area contributed by atoms with Crippen LogP contribution in [0.15, 0.2) is 28.7 Å². The van der Waals surface area contributed by atoms with Crippen molar-refractivity contribution in [2.24, 2.45) is 5.92 Å². The number of hydrogen-bond donors (Lipinski definition) is 1. The summed E-state index contributed by atoms with van der Waals surface area (Å²) < 4.78 is 1.23. The Labute approximate surface area is 108 Å². The lowest BCUT2D eigenvalue weighted by molar-refractivity contribution is 0.461. The van der Waals surface area contributed by atoms with Gasteiger partial charge in [0, 0.05) is 11.0 Å². The average Bonchev–Trinajstić information content (AvgIpc) is 2.25. The summed E-state index contributed by atoms with van der Waals surface area (Å²) in [6.45, 7) is 8.95. The normalized spacial score (nSPS) is 13.1. The van der Waals surface area contributed by atoms with E-state index >= 15 is 0 Å². The van der Waals surface area contributed by atoms with Crippen LogP contribution in [0.5, 0.6) is 0 Å². The first-order chi connectivity index (χ1) is 7.66. The van der Waals surface area contributed by atoms with E-state index in [-0.39, 0.29) is 0 Å². The first kappa shape index (κ1) is 13.7. The fourth-order valence-corrected chi connectivity index (χ4v) is 2.49. The molecule has 1 unspecified atom stereocenters. The summed E-state index contributed by atoms with van der Waals surface area (Å²) in [7, 11) is 0. The Bertz CT molecular complexity index is 309.